The van der Waals surface area contributed by atoms with Crippen molar-refractivity contribution in [2.75, 3.05) is 0 Å². The highest BCUT2D eigenvalue weighted by atomic mass is 16.3. The molecule has 0 amide bonds. The Kier molecular flexibility index (Phi) is 3.47. The SMILES string of the molecule is c1ccc2c(c1)oc1cc3c(cc12)c1cccc2c4cc5c(cc4n3c12)c1cccc2c3cc4c(cc3n5c21)oc1ccccc14. The summed E-state index contributed by atoms with van der Waals surface area (Å²) < 4.78 is 17.7. The number of hydrogen-bond donors (Lipinski definition) is 0. The molecule has 210 valence electrons. The zero-order valence-corrected chi connectivity index (χ0v) is 24.3. The molecule has 6 heterocycles. The van der Waals surface area contributed by atoms with E-state index in [4.69, 9.17) is 8.83 Å². The highest BCUT2D eigenvalue weighted by Crippen LogP contribution is 2.46. The Morgan fingerprint density at radius 2 is 0.652 bits per heavy atom. The van der Waals surface area contributed by atoms with Gasteiger partial charge in [-0.1, -0.05) is 72.8 Å². The van der Waals surface area contributed by atoms with Gasteiger partial charge in [0.1, 0.15) is 22.3 Å². The van der Waals surface area contributed by atoms with E-state index in [1.807, 2.05) is 12.1 Å². The minimum absolute atomic E-state index is 0.924. The van der Waals surface area contributed by atoms with Gasteiger partial charge in [-0.25, -0.2) is 0 Å². The normalized spacial score (nSPS) is 13.2. The number of fused-ring (bicyclic) bond motifs is 18. The maximum absolute atomic E-state index is 6.37. The van der Waals surface area contributed by atoms with Crippen molar-refractivity contribution in [3.63, 3.8) is 0 Å². The maximum Gasteiger partial charge on any atom is 0.137 e. The first-order valence-electron chi connectivity index (χ1n) is 15.8. The van der Waals surface area contributed by atoms with Crippen LogP contribution in [0.4, 0.5) is 0 Å². The molecular formula is C42H20N2O2. The van der Waals surface area contributed by atoms with Gasteiger partial charge in [-0.2, -0.15) is 0 Å². The average molecular weight is 585 g/mol. The number of aromatic nitrogens is 2. The van der Waals surface area contributed by atoms with Crippen molar-refractivity contribution in [1.82, 2.24) is 8.80 Å². The molecular weight excluding hydrogens is 564 g/mol. The molecule has 4 heteroatoms. The van der Waals surface area contributed by atoms with Gasteiger partial charge in [0.25, 0.3) is 0 Å². The van der Waals surface area contributed by atoms with Crippen molar-refractivity contribution in [1.29, 1.82) is 0 Å². The summed E-state index contributed by atoms with van der Waals surface area (Å²) in [6.45, 7) is 0. The lowest BCUT2D eigenvalue weighted by atomic mass is 10.0. The monoisotopic (exact) mass is 584 g/mol. The Labute approximate surface area is 258 Å². The number of rotatable bonds is 0. The molecule has 0 aliphatic rings. The Bertz CT molecular complexity index is 3240. The smallest absolute Gasteiger partial charge is 0.137 e. The van der Waals surface area contributed by atoms with E-state index in [2.05, 4.69) is 118 Å². The van der Waals surface area contributed by atoms with E-state index in [9.17, 15) is 0 Å². The Morgan fingerprint density at radius 1 is 0.283 bits per heavy atom. The first kappa shape index (κ1) is 22.3. The molecule has 0 unspecified atom stereocenters. The summed E-state index contributed by atoms with van der Waals surface area (Å²) in [7, 11) is 0. The molecule has 13 rings (SSSR count). The van der Waals surface area contributed by atoms with Crippen molar-refractivity contribution in [2.24, 2.45) is 0 Å². The highest BCUT2D eigenvalue weighted by Gasteiger charge is 2.23. The maximum atomic E-state index is 6.37. The summed E-state index contributed by atoms with van der Waals surface area (Å²) in [4.78, 5) is 0. The molecule has 4 nitrogen and oxygen atoms in total. The van der Waals surface area contributed by atoms with Crippen molar-refractivity contribution in [3.05, 3.63) is 121 Å². The predicted octanol–water partition coefficient (Wildman–Crippen LogP) is 11.8. The third-order valence-corrected chi connectivity index (χ3v) is 10.7. The fourth-order valence-corrected chi connectivity index (χ4v) is 8.88. The summed E-state index contributed by atoms with van der Waals surface area (Å²) in [5.41, 5.74) is 11.1. The van der Waals surface area contributed by atoms with Gasteiger partial charge in [0.05, 0.1) is 33.1 Å². The van der Waals surface area contributed by atoms with E-state index in [1.54, 1.807) is 0 Å². The third-order valence-electron chi connectivity index (χ3n) is 10.7. The minimum Gasteiger partial charge on any atom is -0.456 e. The largest absolute Gasteiger partial charge is 0.456 e. The topological polar surface area (TPSA) is 35.1 Å². The van der Waals surface area contributed by atoms with Crippen LogP contribution < -0.4 is 0 Å². The lowest BCUT2D eigenvalue weighted by Crippen LogP contribution is -1.83. The molecule has 0 radical (unpaired) electrons. The van der Waals surface area contributed by atoms with E-state index >= 15 is 0 Å². The fourth-order valence-electron chi connectivity index (χ4n) is 8.88. The van der Waals surface area contributed by atoms with Crippen LogP contribution >= 0.6 is 0 Å². The van der Waals surface area contributed by atoms with E-state index < -0.39 is 0 Å². The van der Waals surface area contributed by atoms with Crippen molar-refractivity contribution < 1.29 is 8.83 Å². The lowest BCUT2D eigenvalue weighted by molar-refractivity contribution is 0.669. The molecule has 0 atom stereocenters. The van der Waals surface area contributed by atoms with Gasteiger partial charge in [0.2, 0.25) is 0 Å². The highest BCUT2D eigenvalue weighted by molar-refractivity contribution is 6.30. The average Bonchev–Trinajstić information content (AvgIpc) is 3.92. The molecule has 0 bridgehead atoms. The molecule has 7 aromatic carbocycles. The van der Waals surface area contributed by atoms with Crippen molar-refractivity contribution >= 4 is 120 Å². The molecule has 0 N–H and O–H groups in total. The lowest BCUT2D eigenvalue weighted by Gasteiger charge is -2.02. The van der Waals surface area contributed by atoms with Gasteiger partial charge in [-0.15, -0.1) is 0 Å². The predicted molar refractivity (Wildman–Crippen MR) is 190 cm³/mol. The molecule has 0 spiro atoms. The van der Waals surface area contributed by atoms with Crippen molar-refractivity contribution in [3.8, 4) is 0 Å². The number of para-hydroxylation sites is 4. The molecule has 13 aromatic rings. The molecule has 0 aliphatic carbocycles. The summed E-state index contributed by atoms with van der Waals surface area (Å²) >= 11 is 0. The summed E-state index contributed by atoms with van der Waals surface area (Å²) in [6.07, 6.45) is 0. The minimum atomic E-state index is 0.924. The zero-order valence-electron chi connectivity index (χ0n) is 24.3. The quantitative estimate of drug-likeness (QED) is 0.178. The van der Waals surface area contributed by atoms with Crippen molar-refractivity contribution in [2.45, 2.75) is 0 Å². The van der Waals surface area contributed by atoms with Gasteiger partial charge < -0.3 is 17.6 Å². The molecule has 0 aliphatic heterocycles. The zero-order chi connectivity index (χ0) is 29.4. The first-order valence-corrected chi connectivity index (χ1v) is 15.8. The first-order chi connectivity index (χ1) is 22.8. The van der Waals surface area contributed by atoms with Gasteiger partial charge >= 0.3 is 0 Å². The van der Waals surface area contributed by atoms with E-state index in [1.165, 1.54) is 87.0 Å². The standard InChI is InChI=1S/C42H20N2O2/c1-3-13-37-21(7-1)31-15-27-23-9-5-11-25-29-18-34-30(17-33(29)43(41(23)25)35(27)19-39(31)45-37)26-12-6-10-24-28-16-32-22-8-2-4-14-38(22)46-40(32)20-36(28)44(34)42(24)26/h1-20H. The van der Waals surface area contributed by atoms with Gasteiger partial charge in [-0.05, 0) is 36.4 Å². The van der Waals surface area contributed by atoms with Crippen LogP contribution in [-0.4, -0.2) is 8.80 Å². The second-order valence-corrected chi connectivity index (χ2v) is 12.9. The summed E-state index contributed by atoms with van der Waals surface area (Å²) in [5.74, 6) is 0. The number of hydrogen-bond acceptors (Lipinski definition) is 2. The van der Waals surface area contributed by atoms with Gasteiger partial charge in [-0.3, -0.25) is 0 Å². The van der Waals surface area contributed by atoms with Gasteiger partial charge in [0, 0.05) is 76.8 Å². The van der Waals surface area contributed by atoms with Crippen LogP contribution in [0, 0.1) is 0 Å². The van der Waals surface area contributed by atoms with Crippen LogP contribution in [0.1, 0.15) is 0 Å². The van der Waals surface area contributed by atoms with Crippen LogP contribution in [0.3, 0.4) is 0 Å². The third kappa shape index (κ3) is 2.33. The van der Waals surface area contributed by atoms with E-state index in [-0.39, 0.29) is 0 Å². The molecule has 0 fully saturated rings. The van der Waals surface area contributed by atoms with E-state index in [0.29, 0.717) is 0 Å². The Balaban J connectivity index is 1.22. The molecule has 46 heavy (non-hydrogen) atoms. The molecule has 0 saturated heterocycles. The van der Waals surface area contributed by atoms with Crippen LogP contribution in [0.15, 0.2) is 130 Å². The molecule has 0 saturated carbocycles. The number of benzene rings is 7. The van der Waals surface area contributed by atoms with Crippen LogP contribution in [0.5, 0.6) is 0 Å². The summed E-state index contributed by atoms with van der Waals surface area (Å²) in [5, 5.41) is 14.8. The second kappa shape index (κ2) is 7.17. The van der Waals surface area contributed by atoms with Gasteiger partial charge in [0.15, 0.2) is 0 Å². The summed E-state index contributed by atoms with van der Waals surface area (Å²) in [6, 6.07) is 44.1. The molecule has 6 aromatic heterocycles. The van der Waals surface area contributed by atoms with Crippen LogP contribution in [-0.2, 0) is 0 Å². The Hall–Kier alpha value is -6.26. The van der Waals surface area contributed by atoms with E-state index in [0.717, 1.165) is 33.1 Å². The van der Waals surface area contributed by atoms with Crippen LogP contribution in [0.25, 0.3) is 120 Å². The second-order valence-electron chi connectivity index (χ2n) is 12.9. The number of nitrogens with zero attached hydrogens (tertiary/aromatic N) is 2. The number of furan rings is 2. The van der Waals surface area contributed by atoms with Crippen LogP contribution in [0.2, 0.25) is 0 Å². The Morgan fingerprint density at radius 3 is 1.11 bits per heavy atom. The fraction of sp³-hybridized carbons (Fsp3) is 0.